The van der Waals surface area contributed by atoms with Crippen molar-refractivity contribution in [3.05, 3.63) is 156 Å². The first-order chi connectivity index (χ1) is 18.8. The molecule has 1 fully saturated rings. The average Bonchev–Trinajstić information content (AvgIpc) is 3.01. The Morgan fingerprint density at radius 3 is 1.58 bits per heavy atom. The predicted molar refractivity (Wildman–Crippen MR) is 155 cm³/mol. The van der Waals surface area contributed by atoms with Gasteiger partial charge in [-0.1, -0.05) is 152 Å². The minimum absolute atomic E-state index is 0.184. The van der Waals surface area contributed by atoms with E-state index < -0.39 is 5.60 Å². The number of hydrogen-bond acceptors (Lipinski definition) is 3. The van der Waals surface area contributed by atoms with E-state index in [1.54, 1.807) is 0 Å². The molecular weight excluding hydrogens is 466 g/mol. The van der Waals surface area contributed by atoms with E-state index in [0.717, 1.165) is 35.1 Å². The highest BCUT2D eigenvalue weighted by atomic mass is 16.5. The molecule has 1 aliphatic rings. The van der Waals surface area contributed by atoms with Crippen LogP contribution in [-0.4, -0.2) is 17.0 Å². The molecule has 192 valence electrons. The number of rotatable bonds is 9. The van der Waals surface area contributed by atoms with Gasteiger partial charge in [-0.05, 0) is 41.5 Å². The van der Waals surface area contributed by atoms with Crippen LogP contribution in [-0.2, 0) is 10.3 Å². The summed E-state index contributed by atoms with van der Waals surface area (Å²) in [4.78, 5) is 0. The van der Waals surface area contributed by atoms with Crippen LogP contribution in [0.1, 0.15) is 54.4 Å². The number of nitrogens with zero attached hydrogens (tertiary/aromatic N) is 1. The quantitative estimate of drug-likeness (QED) is 0.108. The van der Waals surface area contributed by atoms with Gasteiger partial charge in [0.15, 0.2) is 0 Å². The standard InChI is InChI=1S/C35H35NO2/c37-36-33(28-16-6-1-7-17-28)26-27-34(29-18-8-2-9-19-29)38-35(30-20-10-3-11-21-30,31-22-12-4-13-23-31)32-24-14-5-15-25-32/h1,3-7,10-17,20-27,29,34,37H,2,8-9,18-19H2/b27-26+,36-33-. The Hall–Kier alpha value is -3.95. The highest BCUT2D eigenvalue weighted by molar-refractivity contribution is 6.08. The van der Waals surface area contributed by atoms with E-state index in [1.165, 1.54) is 19.3 Å². The normalized spacial score (nSPS) is 15.9. The lowest BCUT2D eigenvalue weighted by Gasteiger charge is -2.41. The summed E-state index contributed by atoms with van der Waals surface area (Å²) in [6.45, 7) is 0. The van der Waals surface area contributed by atoms with Crippen LogP contribution in [0.3, 0.4) is 0 Å². The zero-order valence-corrected chi connectivity index (χ0v) is 21.7. The Bertz CT molecular complexity index is 1220. The molecule has 0 radical (unpaired) electrons. The van der Waals surface area contributed by atoms with Crippen molar-refractivity contribution in [2.75, 3.05) is 0 Å². The molecule has 0 aromatic heterocycles. The molecule has 0 heterocycles. The van der Waals surface area contributed by atoms with Crippen LogP contribution in [0.15, 0.2) is 139 Å². The highest BCUT2D eigenvalue weighted by Crippen LogP contribution is 2.43. The minimum atomic E-state index is -0.806. The second-order valence-corrected chi connectivity index (χ2v) is 9.97. The van der Waals surface area contributed by atoms with Crippen LogP contribution in [0.5, 0.6) is 0 Å². The maximum atomic E-state index is 9.87. The molecule has 1 atom stereocenters. The number of ether oxygens (including phenoxy) is 1. The van der Waals surface area contributed by atoms with Crippen LogP contribution < -0.4 is 0 Å². The molecule has 0 aliphatic heterocycles. The van der Waals surface area contributed by atoms with Gasteiger partial charge >= 0.3 is 0 Å². The van der Waals surface area contributed by atoms with Gasteiger partial charge in [-0.2, -0.15) is 0 Å². The summed E-state index contributed by atoms with van der Waals surface area (Å²) in [5.74, 6) is 0.367. The van der Waals surface area contributed by atoms with Gasteiger partial charge in [0.25, 0.3) is 0 Å². The zero-order valence-electron chi connectivity index (χ0n) is 21.7. The van der Waals surface area contributed by atoms with Crippen molar-refractivity contribution < 1.29 is 9.94 Å². The summed E-state index contributed by atoms with van der Waals surface area (Å²) in [6.07, 6.45) is 9.74. The molecule has 5 rings (SSSR count). The predicted octanol–water partition coefficient (Wildman–Crippen LogP) is 8.38. The van der Waals surface area contributed by atoms with E-state index in [0.29, 0.717) is 11.6 Å². The van der Waals surface area contributed by atoms with Gasteiger partial charge in [0.2, 0.25) is 0 Å². The number of benzene rings is 4. The van der Waals surface area contributed by atoms with Gasteiger partial charge in [-0.3, -0.25) is 0 Å². The Kier molecular flexibility index (Phi) is 8.47. The summed E-state index contributed by atoms with van der Waals surface area (Å²) in [5.41, 5.74) is 3.86. The first-order valence-corrected chi connectivity index (χ1v) is 13.6. The largest absolute Gasteiger partial charge is 0.410 e. The van der Waals surface area contributed by atoms with Crippen LogP contribution in [0.2, 0.25) is 0 Å². The summed E-state index contributed by atoms with van der Waals surface area (Å²) >= 11 is 0. The molecular formula is C35H35NO2. The summed E-state index contributed by atoms with van der Waals surface area (Å²) in [7, 11) is 0. The number of allylic oxidation sites excluding steroid dienone is 1. The monoisotopic (exact) mass is 501 g/mol. The summed E-state index contributed by atoms with van der Waals surface area (Å²) < 4.78 is 7.44. The Balaban J connectivity index is 1.64. The molecule has 1 aliphatic carbocycles. The van der Waals surface area contributed by atoms with Gasteiger partial charge in [0.1, 0.15) is 11.3 Å². The van der Waals surface area contributed by atoms with Crippen molar-refractivity contribution in [3.63, 3.8) is 0 Å². The van der Waals surface area contributed by atoms with Crippen LogP contribution in [0, 0.1) is 5.92 Å². The van der Waals surface area contributed by atoms with Gasteiger partial charge in [0, 0.05) is 5.56 Å². The van der Waals surface area contributed by atoms with E-state index >= 15 is 0 Å². The average molecular weight is 502 g/mol. The van der Waals surface area contributed by atoms with E-state index in [9.17, 15) is 5.21 Å². The van der Waals surface area contributed by atoms with E-state index in [1.807, 2.05) is 54.6 Å². The smallest absolute Gasteiger partial charge is 0.144 e. The van der Waals surface area contributed by atoms with Crippen molar-refractivity contribution >= 4 is 5.71 Å². The molecule has 1 N–H and O–H groups in total. The minimum Gasteiger partial charge on any atom is -0.410 e. The molecule has 3 heteroatoms. The Labute approximate surface area is 226 Å². The molecule has 0 amide bonds. The molecule has 38 heavy (non-hydrogen) atoms. The van der Waals surface area contributed by atoms with Crippen LogP contribution in [0.4, 0.5) is 0 Å². The highest BCUT2D eigenvalue weighted by Gasteiger charge is 2.41. The first kappa shape index (κ1) is 25.7. The maximum absolute atomic E-state index is 9.87. The van der Waals surface area contributed by atoms with Gasteiger partial charge < -0.3 is 9.94 Å². The maximum Gasteiger partial charge on any atom is 0.144 e. The second kappa shape index (κ2) is 12.5. The molecule has 0 bridgehead atoms. The molecule has 4 aromatic carbocycles. The Morgan fingerprint density at radius 2 is 1.13 bits per heavy atom. The molecule has 1 saturated carbocycles. The lowest BCUT2D eigenvalue weighted by atomic mass is 9.78. The third-order valence-corrected chi connectivity index (χ3v) is 7.59. The van der Waals surface area contributed by atoms with E-state index in [-0.39, 0.29) is 6.10 Å². The third-order valence-electron chi connectivity index (χ3n) is 7.59. The molecule has 0 saturated heterocycles. The molecule has 3 nitrogen and oxygen atoms in total. The molecule has 0 spiro atoms. The van der Waals surface area contributed by atoms with Crippen LogP contribution >= 0.6 is 0 Å². The van der Waals surface area contributed by atoms with Crippen molar-refractivity contribution in [2.45, 2.75) is 43.8 Å². The number of hydrogen-bond donors (Lipinski definition) is 1. The number of oxime groups is 1. The van der Waals surface area contributed by atoms with Gasteiger partial charge in [0.05, 0.1) is 6.10 Å². The SMILES string of the molecule is O/N=C(/C=C/C(OC(c1ccccc1)(c1ccccc1)c1ccccc1)C1CCCCC1)c1ccccc1. The first-order valence-electron chi connectivity index (χ1n) is 13.6. The fourth-order valence-corrected chi connectivity index (χ4v) is 5.66. The summed E-state index contributed by atoms with van der Waals surface area (Å²) in [6, 6.07) is 41.4. The third kappa shape index (κ3) is 5.64. The van der Waals surface area contributed by atoms with Gasteiger partial charge in [-0.25, -0.2) is 0 Å². The van der Waals surface area contributed by atoms with E-state index in [4.69, 9.17) is 4.74 Å². The lowest BCUT2D eigenvalue weighted by Crippen LogP contribution is -2.39. The van der Waals surface area contributed by atoms with Crippen molar-refractivity contribution in [1.82, 2.24) is 0 Å². The Morgan fingerprint density at radius 1 is 0.684 bits per heavy atom. The summed E-state index contributed by atoms with van der Waals surface area (Å²) in [5, 5.41) is 13.5. The van der Waals surface area contributed by atoms with E-state index in [2.05, 4.69) is 84.0 Å². The fourth-order valence-electron chi connectivity index (χ4n) is 5.66. The van der Waals surface area contributed by atoms with Crippen molar-refractivity contribution in [2.24, 2.45) is 11.1 Å². The zero-order chi connectivity index (χ0) is 26.0. The van der Waals surface area contributed by atoms with Crippen molar-refractivity contribution in [3.8, 4) is 0 Å². The molecule has 1 unspecified atom stereocenters. The van der Waals surface area contributed by atoms with Gasteiger partial charge in [-0.15, -0.1) is 0 Å². The van der Waals surface area contributed by atoms with Crippen LogP contribution in [0.25, 0.3) is 0 Å². The van der Waals surface area contributed by atoms with Crippen molar-refractivity contribution in [1.29, 1.82) is 0 Å². The fraction of sp³-hybridized carbons (Fsp3) is 0.229. The lowest BCUT2D eigenvalue weighted by molar-refractivity contribution is -0.0567. The second-order valence-electron chi connectivity index (χ2n) is 9.97. The molecule has 4 aromatic rings. The topological polar surface area (TPSA) is 41.8 Å².